The Bertz CT molecular complexity index is 1090. The molecular formula is C21H26ClFN4O4S. The molecule has 2 aromatic rings. The average molecular weight is 485 g/mol. The van der Waals surface area contributed by atoms with Crippen LogP contribution in [0.4, 0.5) is 4.39 Å². The second kappa shape index (κ2) is 9.07. The number of hydrogen-bond donors (Lipinski definition) is 1. The van der Waals surface area contributed by atoms with Crippen molar-refractivity contribution in [2.45, 2.75) is 56.4 Å². The van der Waals surface area contributed by atoms with Crippen molar-refractivity contribution in [2.24, 2.45) is 11.8 Å². The fourth-order valence-electron chi connectivity index (χ4n) is 3.81. The van der Waals surface area contributed by atoms with Gasteiger partial charge in [0.15, 0.2) is 5.82 Å². The molecule has 1 aliphatic heterocycles. The summed E-state index contributed by atoms with van der Waals surface area (Å²) in [6, 6.07) is 2.94. The van der Waals surface area contributed by atoms with E-state index in [1.807, 2.05) is 13.8 Å². The summed E-state index contributed by atoms with van der Waals surface area (Å²) in [6.07, 6.45) is 2.87. The highest BCUT2D eigenvalue weighted by Gasteiger charge is 2.35. The molecule has 2 heterocycles. The van der Waals surface area contributed by atoms with Gasteiger partial charge in [0.1, 0.15) is 11.9 Å². The number of benzene rings is 1. The summed E-state index contributed by atoms with van der Waals surface area (Å²) >= 11 is 5.74. The number of nitrogens with one attached hydrogen (secondary N) is 1. The van der Waals surface area contributed by atoms with Crippen LogP contribution < -0.4 is 5.32 Å². The number of halogens is 2. The van der Waals surface area contributed by atoms with Crippen LogP contribution in [0.1, 0.15) is 63.2 Å². The summed E-state index contributed by atoms with van der Waals surface area (Å²) in [5.74, 6) is 0.351. The minimum absolute atomic E-state index is 0.0511. The number of hydrogen-bond acceptors (Lipinski definition) is 6. The maximum atomic E-state index is 13.4. The fourth-order valence-corrected chi connectivity index (χ4v) is 5.55. The number of nitrogens with zero attached hydrogens (tertiary/aromatic N) is 3. The SMILES string of the molecule is CC(C)C(NC(=O)C1CCN(S(=O)(=O)c2ccc(F)c(Cl)c2)CC1)c1nc(C2CC2)no1. The molecule has 2 aliphatic rings. The van der Waals surface area contributed by atoms with Crippen molar-refractivity contribution in [3.05, 3.63) is 40.8 Å². The summed E-state index contributed by atoms with van der Waals surface area (Å²) in [6.45, 7) is 4.31. The van der Waals surface area contributed by atoms with Crippen molar-refractivity contribution < 1.29 is 22.1 Å². The molecule has 11 heteroatoms. The van der Waals surface area contributed by atoms with Crippen LogP contribution in [0.3, 0.4) is 0 Å². The van der Waals surface area contributed by atoms with Crippen LogP contribution in [0.15, 0.2) is 27.6 Å². The highest BCUT2D eigenvalue weighted by atomic mass is 35.5. The van der Waals surface area contributed by atoms with Gasteiger partial charge in [-0.1, -0.05) is 30.6 Å². The summed E-state index contributed by atoms with van der Waals surface area (Å²) in [5, 5.41) is 6.80. The third kappa shape index (κ3) is 4.82. The van der Waals surface area contributed by atoms with E-state index in [0.29, 0.717) is 30.5 Å². The van der Waals surface area contributed by atoms with E-state index >= 15 is 0 Å². The number of piperidine rings is 1. The fraction of sp³-hybridized carbons (Fsp3) is 0.571. The Morgan fingerprint density at radius 3 is 2.53 bits per heavy atom. The highest BCUT2D eigenvalue weighted by molar-refractivity contribution is 7.89. The van der Waals surface area contributed by atoms with Crippen molar-refractivity contribution in [1.29, 1.82) is 0 Å². The van der Waals surface area contributed by atoms with Gasteiger partial charge in [0, 0.05) is 24.9 Å². The summed E-state index contributed by atoms with van der Waals surface area (Å²) in [4.78, 5) is 17.3. The van der Waals surface area contributed by atoms with Gasteiger partial charge in [-0.2, -0.15) is 9.29 Å². The van der Waals surface area contributed by atoms with Gasteiger partial charge in [-0.3, -0.25) is 4.79 Å². The molecule has 174 valence electrons. The van der Waals surface area contributed by atoms with Crippen LogP contribution in [-0.4, -0.2) is 41.9 Å². The first-order valence-electron chi connectivity index (χ1n) is 10.8. The normalized spacial score (nSPS) is 19.3. The van der Waals surface area contributed by atoms with Crippen molar-refractivity contribution in [3.8, 4) is 0 Å². The molecule has 1 atom stereocenters. The van der Waals surface area contributed by atoms with Crippen LogP contribution >= 0.6 is 11.6 Å². The van der Waals surface area contributed by atoms with Gasteiger partial charge in [0.25, 0.3) is 0 Å². The third-order valence-electron chi connectivity index (χ3n) is 5.98. The lowest BCUT2D eigenvalue weighted by molar-refractivity contribution is -0.127. The number of carbonyl (C=O) groups is 1. The molecule has 4 rings (SSSR count). The van der Waals surface area contributed by atoms with Crippen molar-refractivity contribution >= 4 is 27.5 Å². The van der Waals surface area contributed by atoms with E-state index in [-0.39, 0.29) is 40.8 Å². The first-order chi connectivity index (χ1) is 15.2. The van der Waals surface area contributed by atoms with Gasteiger partial charge in [-0.05, 0) is 49.8 Å². The summed E-state index contributed by atoms with van der Waals surface area (Å²) in [7, 11) is -3.81. The lowest BCUT2D eigenvalue weighted by Gasteiger charge is -2.31. The Kier molecular flexibility index (Phi) is 6.56. The summed E-state index contributed by atoms with van der Waals surface area (Å²) in [5.41, 5.74) is 0. The Labute approximate surface area is 191 Å². The molecule has 1 N–H and O–H groups in total. The lowest BCUT2D eigenvalue weighted by atomic mass is 9.95. The Hall–Kier alpha value is -2.04. The Balaban J connectivity index is 1.38. The molecule has 1 amide bonds. The van der Waals surface area contributed by atoms with Crippen LogP contribution in [0.25, 0.3) is 0 Å². The van der Waals surface area contributed by atoms with E-state index in [1.165, 1.54) is 10.4 Å². The predicted molar refractivity (Wildman–Crippen MR) is 115 cm³/mol. The predicted octanol–water partition coefficient (Wildman–Crippen LogP) is 3.65. The topological polar surface area (TPSA) is 105 Å². The Morgan fingerprint density at radius 1 is 1.25 bits per heavy atom. The first kappa shape index (κ1) is 23.1. The monoisotopic (exact) mass is 484 g/mol. The average Bonchev–Trinajstić information content (AvgIpc) is 3.50. The minimum Gasteiger partial charge on any atom is -0.344 e. The van der Waals surface area contributed by atoms with Crippen molar-refractivity contribution in [2.75, 3.05) is 13.1 Å². The molecular weight excluding hydrogens is 459 g/mol. The standard InChI is InChI=1S/C21H26ClFN4O4S/c1-12(2)18(21-25-19(26-31-21)13-3-4-13)24-20(28)14-7-9-27(10-8-14)32(29,30)15-5-6-17(23)16(22)11-15/h5-6,11-14,18H,3-4,7-10H2,1-2H3,(H,24,28). The van der Waals surface area contributed by atoms with E-state index in [9.17, 15) is 17.6 Å². The third-order valence-corrected chi connectivity index (χ3v) is 8.17. The molecule has 0 spiro atoms. The van der Waals surface area contributed by atoms with E-state index < -0.39 is 21.9 Å². The van der Waals surface area contributed by atoms with Crippen LogP contribution in [0, 0.1) is 17.7 Å². The van der Waals surface area contributed by atoms with E-state index in [2.05, 4.69) is 15.5 Å². The second-order valence-corrected chi connectivity index (χ2v) is 11.1. The number of sulfonamides is 1. The van der Waals surface area contributed by atoms with Crippen molar-refractivity contribution in [1.82, 2.24) is 19.8 Å². The second-order valence-electron chi connectivity index (χ2n) is 8.75. The zero-order valence-corrected chi connectivity index (χ0v) is 19.5. The number of carbonyl (C=O) groups excluding carboxylic acids is 1. The summed E-state index contributed by atoms with van der Waals surface area (Å²) < 4.78 is 45.8. The van der Waals surface area contributed by atoms with Gasteiger partial charge < -0.3 is 9.84 Å². The van der Waals surface area contributed by atoms with Crippen LogP contribution in [0.2, 0.25) is 5.02 Å². The molecule has 1 saturated heterocycles. The molecule has 1 aromatic carbocycles. The number of amides is 1. The molecule has 1 saturated carbocycles. The van der Waals surface area contributed by atoms with E-state index in [1.54, 1.807) is 0 Å². The Morgan fingerprint density at radius 2 is 1.94 bits per heavy atom. The maximum absolute atomic E-state index is 13.4. The smallest absolute Gasteiger partial charge is 0.249 e. The molecule has 0 radical (unpaired) electrons. The lowest BCUT2D eigenvalue weighted by Crippen LogP contribution is -2.44. The molecule has 1 aliphatic carbocycles. The van der Waals surface area contributed by atoms with Gasteiger partial charge in [-0.25, -0.2) is 12.8 Å². The van der Waals surface area contributed by atoms with Gasteiger partial charge in [0.2, 0.25) is 21.8 Å². The van der Waals surface area contributed by atoms with E-state index in [4.69, 9.17) is 16.1 Å². The zero-order valence-electron chi connectivity index (χ0n) is 17.9. The number of aromatic nitrogens is 2. The quantitative estimate of drug-likeness (QED) is 0.643. The maximum Gasteiger partial charge on any atom is 0.249 e. The molecule has 8 nitrogen and oxygen atoms in total. The first-order valence-corrected chi connectivity index (χ1v) is 12.6. The van der Waals surface area contributed by atoms with Gasteiger partial charge >= 0.3 is 0 Å². The zero-order chi connectivity index (χ0) is 23.0. The molecule has 32 heavy (non-hydrogen) atoms. The van der Waals surface area contributed by atoms with Crippen LogP contribution in [-0.2, 0) is 14.8 Å². The molecule has 1 unspecified atom stereocenters. The largest absolute Gasteiger partial charge is 0.344 e. The van der Waals surface area contributed by atoms with Crippen molar-refractivity contribution in [3.63, 3.8) is 0 Å². The van der Waals surface area contributed by atoms with Gasteiger partial charge in [0.05, 0.1) is 9.92 Å². The highest BCUT2D eigenvalue weighted by Crippen LogP contribution is 2.39. The minimum atomic E-state index is -3.81. The molecule has 1 aromatic heterocycles. The molecule has 0 bridgehead atoms. The number of rotatable bonds is 7. The van der Waals surface area contributed by atoms with Gasteiger partial charge in [-0.15, -0.1) is 0 Å². The van der Waals surface area contributed by atoms with E-state index in [0.717, 1.165) is 25.0 Å². The molecule has 2 fully saturated rings. The van der Waals surface area contributed by atoms with Crippen LogP contribution in [0.5, 0.6) is 0 Å².